The van der Waals surface area contributed by atoms with Crippen LogP contribution in [-0.4, -0.2) is 18.5 Å². The quantitative estimate of drug-likeness (QED) is 0.789. The predicted molar refractivity (Wildman–Crippen MR) is 87.1 cm³/mol. The number of hydrogen-bond acceptors (Lipinski definition) is 2. The summed E-state index contributed by atoms with van der Waals surface area (Å²) >= 11 is 0. The van der Waals surface area contributed by atoms with E-state index in [-0.39, 0.29) is 5.91 Å². The van der Waals surface area contributed by atoms with Crippen molar-refractivity contribution in [3.63, 3.8) is 0 Å². The molecule has 1 aliphatic rings. The molecule has 3 nitrogen and oxygen atoms in total. The maximum absolute atomic E-state index is 11.9. The Kier molecular flexibility index (Phi) is 6.74. The van der Waals surface area contributed by atoms with Gasteiger partial charge in [0.2, 0.25) is 5.91 Å². The van der Waals surface area contributed by atoms with Gasteiger partial charge in [-0.2, -0.15) is 0 Å². The van der Waals surface area contributed by atoms with Crippen molar-refractivity contribution in [1.82, 2.24) is 10.6 Å². The molecule has 0 spiro atoms. The third-order valence-corrected chi connectivity index (χ3v) is 4.21. The van der Waals surface area contributed by atoms with Gasteiger partial charge >= 0.3 is 0 Å². The minimum absolute atomic E-state index is 0.137. The van der Waals surface area contributed by atoms with E-state index in [0.29, 0.717) is 19.0 Å². The van der Waals surface area contributed by atoms with Gasteiger partial charge in [0.1, 0.15) is 0 Å². The van der Waals surface area contributed by atoms with Gasteiger partial charge in [0, 0.05) is 25.6 Å². The van der Waals surface area contributed by atoms with E-state index in [0.717, 1.165) is 6.54 Å². The Morgan fingerprint density at radius 3 is 2.67 bits per heavy atom. The third kappa shape index (κ3) is 6.30. The number of carbonyl (C=O) groups excluding carboxylic acids is 1. The number of benzene rings is 1. The second-order valence-electron chi connectivity index (χ2n) is 6.16. The molecule has 0 bridgehead atoms. The molecule has 0 atom stereocenters. The number of rotatable bonds is 6. The van der Waals surface area contributed by atoms with Gasteiger partial charge in [-0.3, -0.25) is 4.79 Å². The van der Waals surface area contributed by atoms with Crippen molar-refractivity contribution in [2.24, 2.45) is 0 Å². The Balaban J connectivity index is 1.61. The van der Waals surface area contributed by atoms with Gasteiger partial charge in [0.05, 0.1) is 0 Å². The average Bonchev–Trinajstić information content (AvgIpc) is 2.74. The lowest BCUT2D eigenvalue weighted by Gasteiger charge is -2.15. The molecule has 1 aromatic rings. The van der Waals surface area contributed by atoms with Crippen molar-refractivity contribution in [1.29, 1.82) is 0 Å². The number of carbonyl (C=O) groups is 1. The van der Waals surface area contributed by atoms with E-state index in [1.807, 2.05) is 6.07 Å². The minimum atomic E-state index is 0.137. The van der Waals surface area contributed by atoms with Crippen LogP contribution >= 0.6 is 0 Å². The van der Waals surface area contributed by atoms with Gasteiger partial charge in [0.25, 0.3) is 0 Å². The highest BCUT2D eigenvalue weighted by Crippen LogP contribution is 2.16. The van der Waals surface area contributed by atoms with E-state index in [1.54, 1.807) is 0 Å². The summed E-state index contributed by atoms with van der Waals surface area (Å²) in [4.78, 5) is 11.9. The van der Waals surface area contributed by atoms with E-state index >= 15 is 0 Å². The van der Waals surface area contributed by atoms with Crippen LogP contribution in [-0.2, 0) is 11.3 Å². The van der Waals surface area contributed by atoms with Gasteiger partial charge in [-0.1, -0.05) is 55.5 Å². The van der Waals surface area contributed by atoms with Crippen LogP contribution in [0.5, 0.6) is 0 Å². The van der Waals surface area contributed by atoms with Crippen LogP contribution in [0.4, 0.5) is 0 Å². The summed E-state index contributed by atoms with van der Waals surface area (Å²) in [5, 5.41) is 6.54. The van der Waals surface area contributed by atoms with E-state index in [1.165, 1.54) is 49.7 Å². The predicted octanol–water partition coefficient (Wildman–Crippen LogP) is 3.31. The number of aryl methyl sites for hydroxylation is 1. The summed E-state index contributed by atoms with van der Waals surface area (Å²) < 4.78 is 0. The van der Waals surface area contributed by atoms with Crippen LogP contribution in [0.1, 0.15) is 56.1 Å². The Morgan fingerprint density at radius 2 is 1.95 bits per heavy atom. The highest BCUT2D eigenvalue weighted by atomic mass is 16.1. The first-order chi connectivity index (χ1) is 10.2. The SMILES string of the molecule is Cc1cccc(CNC(=O)CCNC2CCCCCC2)c1. The van der Waals surface area contributed by atoms with Crippen LogP contribution in [0, 0.1) is 6.92 Å². The molecule has 0 radical (unpaired) electrons. The van der Waals surface area contributed by atoms with Gasteiger partial charge in [0.15, 0.2) is 0 Å². The van der Waals surface area contributed by atoms with E-state index in [4.69, 9.17) is 0 Å². The zero-order valence-electron chi connectivity index (χ0n) is 13.2. The Labute approximate surface area is 128 Å². The maximum atomic E-state index is 11.9. The van der Waals surface area contributed by atoms with E-state index in [9.17, 15) is 4.79 Å². The van der Waals surface area contributed by atoms with Crippen molar-refractivity contribution >= 4 is 5.91 Å². The molecule has 0 aromatic heterocycles. The summed E-state index contributed by atoms with van der Waals surface area (Å²) in [6.07, 6.45) is 8.51. The lowest BCUT2D eigenvalue weighted by Crippen LogP contribution is -2.33. The highest BCUT2D eigenvalue weighted by molar-refractivity contribution is 5.76. The van der Waals surface area contributed by atoms with Crippen LogP contribution in [0.3, 0.4) is 0 Å². The monoisotopic (exact) mass is 288 g/mol. The molecule has 116 valence electrons. The summed E-state index contributed by atoms with van der Waals surface area (Å²) in [5.74, 6) is 0.137. The van der Waals surface area contributed by atoms with Crippen LogP contribution in [0.15, 0.2) is 24.3 Å². The summed E-state index contributed by atoms with van der Waals surface area (Å²) in [5.41, 5.74) is 2.40. The molecule has 0 heterocycles. The van der Waals surface area contributed by atoms with Crippen molar-refractivity contribution in [2.45, 2.75) is 64.5 Å². The molecule has 1 saturated carbocycles. The second-order valence-corrected chi connectivity index (χ2v) is 6.16. The molecule has 1 aliphatic carbocycles. The summed E-state index contributed by atoms with van der Waals surface area (Å²) in [6.45, 7) is 3.50. The van der Waals surface area contributed by atoms with Crippen LogP contribution < -0.4 is 10.6 Å². The topological polar surface area (TPSA) is 41.1 Å². The Hall–Kier alpha value is -1.35. The lowest BCUT2D eigenvalue weighted by molar-refractivity contribution is -0.121. The van der Waals surface area contributed by atoms with Gasteiger partial charge in [-0.05, 0) is 25.3 Å². The van der Waals surface area contributed by atoms with E-state index < -0.39 is 0 Å². The zero-order chi connectivity index (χ0) is 14.9. The molecular weight excluding hydrogens is 260 g/mol. The molecule has 1 fully saturated rings. The molecule has 2 rings (SSSR count). The Bertz CT molecular complexity index is 437. The standard InChI is InChI=1S/C18H28N2O/c1-15-7-6-8-16(13-15)14-20-18(21)11-12-19-17-9-4-2-3-5-10-17/h6-8,13,17,19H,2-5,9-12,14H2,1H3,(H,20,21). The fraction of sp³-hybridized carbons (Fsp3) is 0.611. The van der Waals surface area contributed by atoms with Crippen LogP contribution in [0.25, 0.3) is 0 Å². The molecule has 2 N–H and O–H groups in total. The minimum Gasteiger partial charge on any atom is -0.352 e. The van der Waals surface area contributed by atoms with Gasteiger partial charge in [-0.15, -0.1) is 0 Å². The molecule has 0 unspecified atom stereocenters. The maximum Gasteiger partial charge on any atom is 0.221 e. The fourth-order valence-corrected chi connectivity index (χ4v) is 2.98. The van der Waals surface area contributed by atoms with Crippen molar-refractivity contribution in [3.8, 4) is 0 Å². The van der Waals surface area contributed by atoms with Crippen molar-refractivity contribution in [3.05, 3.63) is 35.4 Å². The highest BCUT2D eigenvalue weighted by Gasteiger charge is 2.11. The molecule has 3 heteroatoms. The first-order valence-corrected chi connectivity index (χ1v) is 8.29. The van der Waals surface area contributed by atoms with Crippen molar-refractivity contribution < 1.29 is 4.79 Å². The first-order valence-electron chi connectivity index (χ1n) is 8.29. The summed E-state index contributed by atoms with van der Waals surface area (Å²) in [7, 11) is 0. The van der Waals surface area contributed by atoms with Gasteiger partial charge in [-0.25, -0.2) is 0 Å². The van der Waals surface area contributed by atoms with Crippen LogP contribution in [0.2, 0.25) is 0 Å². The number of hydrogen-bond donors (Lipinski definition) is 2. The van der Waals surface area contributed by atoms with Crippen molar-refractivity contribution in [2.75, 3.05) is 6.54 Å². The van der Waals surface area contributed by atoms with E-state index in [2.05, 4.69) is 35.8 Å². The third-order valence-electron chi connectivity index (χ3n) is 4.21. The molecular formula is C18H28N2O. The van der Waals surface area contributed by atoms with Gasteiger partial charge < -0.3 is 10.6 Å². The zero-order valence-corrected chi connectivity index (χ0v) is 13.2. The normalized spacial score (nSPS) is 16.4. The Morgan fingerprint density at radius 1 is 1.19 bits per heavy atom. The molecule has 21 heavy (non-hydrogen) atoms. The first kappa shape index (κ1) is 16.0. The summed E-state index contributed by atoms with van der Waals surface area (Å²) in [6, 6.07) is 8.89. The smallest absolute Gasteiger partial charge is 0.221 e. The molecule has 0 aliphatic heterocycles. The lowest BCUT2D eigenvalue weighted by atomic mass is 10.1. The molecule has 0 saturated heterocycles. The average molecular weight is 288 g/mol. The largest absolute Gasteiger partial charge is 0.352 e. The molecule has 1 amide bonds. The fourth-order valence-electron chi connectivity index (χ4n) is 2.98. The number of amides is 1. The number of nitrogens with one attached hydrogen (secondary N) is 2. The second kappa shape index (κ2) is 8.83. The molecule has 1 aromatic carbocycles.